The van der Waals surface area contributed by atoms with Crippen molar-refractivity contribution >= 4 is 22.6 Å². The molecule has 2 rings (SSSR count). The lowest BCUT2D eigenvalue weighted by molar-refractivity contribution is 0.623. The zero-order valence-corrected chi connectivity index (χ0v) is 11.8. The summed E-state index contributed by atoms with van der Waals surface area (Å²) in [5.41, 5.74) is 2.36. The molecule has 2 aromatic rings. The Kier molecular flexibility index (Phi) is 4.44. The largest absolute Gasteiger partial charge is 0.306 e. The molecule has 0 amide bonds. The standard InChI is InChI=1S/C13H14IN3/c1-2-17-13(10-7-15-9-16-8-10)11-5-3-4-6-12(11)14/h3-9,13,17H,2H2,1H3. The van der Waals surface area contributed by atoms with Gasteiger partial charge >= 0.3 is 0 Å². The lowest BCUT2D eigenvalue weighted by Crippen LogP contribution is -2.23. The number of halogens is 1. The molecule has 88 valence electrons. The van der Waals surface area contributed by atoms with Crippen LogP contribution in [0.2, 0.25) is 0 Å². The van der Waals surface area contributed by atoms with Gasteiger partial charge in [-0.1, -0.05) is 25.1 Å². The molecule has 1 aromatic heterocycles. The predicted molar refractivity (Wildman–Crippen MR) is 76.7 cm³/mol. The van der Waals surface area contributed by atoms with E-state index in [0.29, 0.717) is 0 Å². The first-order valence-electron chi connectivity index (χ1n) is 5.55. The average Bonchev–Trinajstić information content (AvgIpc) is 2.38. The number of benzene rings is 1. The summed E-state index contributed by atoms with van der Waals surface area (Å²) in [6, 6.07) is 8.53. The first-order chi connectivity index (χ1) is 8.33. The van der Waals surface area contributed by atoms with Gasteiger partial charge in [-0.25, -0.2) is 9.97 Å². The summed E-state index contributed by atoms with van der Waals surface area (Å²) < 4.78 is 1.25. The van der Waals surface area contributed by atoms with Crippen LogP contribution in [0, 0.1) is 3.57 Å². The maximum absolute atomic E-state index is 4.09. The quantitative estimate of drug-likeness (QED) is 0.871. The van der Waals surface area contributed by atoms with E-state index in [2.05, 4.69) is 69.1 Å². The molecular weight excluding hydrogens is 325 g/mol. The minimum atomic E-state index is 0.161. The lowest BCUT2D eigenvalue weighted by atomic mass is 10.0. The van der Waals surface area contributed by atoms with Crippen LogP contribution < -0.4 is 5.32 Å². The molecule has 3 nitrogen and oxygen atoms in total. The Balaban J connectivity index is 2.39. The van der Waals surface area contributed by atoms with Crippen LogP contribution in [0.25, 0.3) is 0 Å². The molecule has 1 heterocycles. The van der Waals surface area contributed by atoms with Gasteiger partial charge in [-0.15, -0.1) is 0 Å². The van der Waals surface area contributed by atoms with Gasteiger partial charge in [0.2, 0.25) is 0 Å². The summed E-state index contributed by atoms with van der Waals surface area (Å²) in [6.07, 6.45) is 5.29. The van der Waals surface area contributed by atoms with Crippen molar-refractivity contribution in [3.8, 4) is 0 Å². The molecule has 0 saturated carbocycles. The Hall–Kier alpha value is -1.01. The summed E-state index contributed by atoms with van der Waals surface area (Å²) in [4.78, 5) is 8.18. The monoisotopic (exact) mass is 339 g/mol. The number of rotatable bonds is 4. The third-order valence-electron chi connectivity index (χ3n) is 2.54. The first kappa shape index (κ1) is 12.4. The summed E-state index contributed by atoms with van der Waals surface area (Å²) >= 11 is 2.36. The Morgan fingerprint density at radius 3 is 2.59 bits per heavy atom. The molecule has 0 saturated heterocycles. The van der Waals surface area contributed by atoms with Crippen LogP contribution in [-0.2, 0) is 0 Å². The van der Waals surface area contributed by atoms with E-state index in [1.54, 1.807) is 6.33 Å². The Morgan fingerprint density at radius 1 is 1.24 bits per heavy atom. The summed E-state index contributed by atoms with van der Waals surface area (Å²) in [6.45, 7) is 3.01. The number of nitrogens with one attached hydrogen (secondary N) is 1. The maximum Gasteiger partial charge on any atom is 0.115 e. The van der Waals surface area contributed by atoms with Gasteiger partial charge in [0.05, 0.1) is 6.04 Å². The van der Waals surface area contributed by atoms with E-state index in [0.717, 1.165) is 12.1 Å². The van der Waals surface area contributed by atoms with Crippen molar-refractivity contribution in [2.45, 2.75) is 13.0 Å². The summed E-state index contributed by atoms with van der Waals surface area (Å²) in [5.74, 6) is 0. The van der Waals surface area contributed by atoms with E-state index in [-0.39, 0.29) is 6.04 Å². The molecule has 1 aromatic carbocycles. The normalized spacial score (nSPS) is 12.4. The number of hydrogen-bond acceptors (Lipinski definition) is 3. The van der Waals surface area contributed by atoms with Gasteiger partial charge in [0.1, 0.15) is 6.33 Å². The molecular formula is C13H14IN3. The molecule has 0 aliphatic heterocycles. The second-order valence-electron chi connectivity index (χ2n) is 3.68. The Morgan fingerprint density at radius 2 is 1.94 bits per heavy atom. The highest BCUT2D eigenvalue weighted by Crippen LogP contribution is 2.25. The minimum absolute atomic E-state index is 0.161. The molecule has 0 aliphatic rings. The second-order valence-corrected chi connectivity index (χ2v) is 4.85. The third kappa shape index (κ3) is 3.01. The molecule has 0 radical (unpaired) electrons. The molecule has 1 N–H and O–H groups in total. The van der Waals surface area contributed by atoms with E-state index in [1.165, 1.54) is 9.13 Å². The fourth-order valence-corrected chi connectivity index (χ4v) is 2.48. The highest BCUT2D eigenvalue weighted by Gasteiger charge is 2.15. The molecule has 1 atom stereocenters. The van der Waals surface area contributed by atoms with Crippen LogP contribution in [0.1, 0.15) is 24.1 Å². The number of aromatic nitrogens is 2. The zero-order chi connectivity index (χ0) is 12.1. The molecule has 0 fully saturated rings. The van der Waals surface area contributed by atoms with E-state index in [1.807, 2.05) is 12.4 Å². The van der Waals surface area contributed by atoms with Gasteiger partial charge in [0.25, 0.3) is 0 Å². The first-order valence-corrected chi connectivity index (χ1v) is 6.63. The van der Waals surface area contributed by atoms with Crippen molar-refractivity contribution in [1.29, 1.82) is 0 Å². The summed E-state index contributed by atoms with van der Waals surface area (Å²) in [5, 5.41) is 3.47. The Labute approximate surface area is 115 Å². The molecule has 0 aliphatic carbocycles. The van der Waals surface area contributed by atoms with Crippen molar-refractivity contribution in [1.82, 2.24) is 15.3 Å². The fraction of sp³-hybridized carbons (Fsp3) is 0.231. The number of nitrogens with zero attached hydrogens (tertiary/aromatic N) is 2. The second kappa shape index (κ2) is 6.07. The maximum atomic E-state index is 4.09. The van der Waals surface area contributed by atoms with Crippen molar-refractivity contribution in [3.63, 3.8) is 0 Å². The van der Waals surface area contributed by atoms with Gasteiger partial charge in [-0.2, -0.15) is 0 Å². The van der Waals surface area contributed by atoms with Gasteiger partial charge in [0, 0.05) is 21.5 Å². The molecule has 17 heavy (non-hydrogen) atoms. The van der Waals surface area contributed by atoms with Gasteiger partial charge in [0.15, 0.2) is 0 Å². The van der Waals surface area contributed by atoms with Crippen LogP contribution in [0.15, 0.2) is 43.0 Å². The highest BCUT2D eigenvalue weighted by atomic mass is 127. The predicted octanol–water partition coefficient (Wildman–Crippen LogP) is 2.78. The van der Waals surface area contributed by atoms with Crippen LogP contribution in [0.4, 0.5) is 0 Å². The Bertz CT molecular complexity index is 473. The minimum Gasteiger partial charge on any atom is -0.306 e. The molecule has 4 heteroatoms. The highest BCUT2D eigenvalue weighted by molar-refractivity contribution is 14.1. The van der Waals surface area contributed by atoms with Gasteiger partial charge < -0.3 is 5.32 Å². The van der Waals surface area contributed by atoms with E-state index >= 15 is 0 Å². The van der Waals surface area contributed by atoms with Crippen molar-refractivity contribution in [2.24, 2.45) is 0 Å². The van der Waals surface area contributed by atoms with Crippen LogP contribution in [0.3, 0.4) is 0 Å². The topological polar surface area (TPSA) is 37.8 Å². The van der Waals surface area contributed by atoms with E-state index in [4.69, 9.17) is 0 Å². The van der Waals surface area contributed by atoms with Crippen LogP contribution >= 0.6 is 22.6 Å². The SMILES string of the molecule is CCNC(c1cncnc1)c1ccccc1I. The zero-order valence-electron chi connectivity index (χ0n) is 9.60. The van der Waals surface area contributed by atoms with E-state index in [9.17, 15) is 0 Å². The fourth-order valence-electron chi connectivity index (χ4n) is 1.78. The van der Waals surface area contributed by atoms with E-state index < -0.39 is 0 Å². The third-order valence-corrected chi connectivity index (χ3v) is 3.52. The smallest absolute Gasteiger partial charge is 0.115 e. The average molecular weight is 339 g/mol. The number of hydrogen-bond donors (Lipinski definition) is 1. The van der Waals surface area contributed by atoms with Crippen molar-refractivity contribution in [2.75, 3.05) is 6.54 Å². The van der Waals surface area contributed by atoms with Crippen LogP contribution in [-0.4, -0.2) is 16.5 Å². The van der Waals surface area contributed by atoms with Gasteiger partial charge in [-0.3, -0.25) is 0 Å². The lowest BCUT2D eigenvalue weighted by Gasteiger charge is -2.19. The van der Waals surface area contributed by atoms with Gasteiger partial charge in [-0.05, 0) is 40.8 Å². The molecule has 1 unspecified atom stereocenters. The molecule has 0 bridgehead atoms. The van der Waals surface area contributed by atoms with Crippen molar-refractivity contribution < 1.29 is 0 Å². The molecule has 0 spiro atoms. The van der Waals surface area contributed by atoms with Crippen LogP contribution in [0.5, 0.6) is 0 Å². The van der Waals surface area contributed by atoms with Crippen molar-refractivity contribution in [3.05, 3.63) is 57.7 Å². The summed E-state index contributed by atoms with van der Waals surface area (Å²) in [7, 11) is 0.